The molecule has 0 heterocycles. The third-order valence-electron chi connectivity index (χ3n) is 1.29. The van der Waals surface area contributed by atoms with E-state index in [0.29, 0.717) is 4.47 Å². The number of carbonyl (C=O) groups excluding carboxylic acids is 1. The van der Waals surface area contributed by atoms with Crippen LogP contribution in [0.2, 0.25) is 10.0 Å². The van der Waals surface area contributed by atoms with Gasteiger partial charge in [0.15, 0.2) is 5.75 Å². The first-order valence-electron chi connectivity index (χ1n) is 3.45. The average Bonchev–Trinajstić information content (AvgIpc) is 2.10. The molecule has 1 rings (SSSR count). The second-order valence-corrected chi connectivity index (χ2v) is 4.30. The number of hydrogen-bond donors (Lipinski definition) is 0. The van der Waals surface area contributed by atoms with E-state index in [-0.39, 0.29) is 21.7 Å². The molecule has 1 aromatic carbocycles. The summed E-state index contributed by atoms with van der Waals surface area (Å²) in [6, 6.07) is 3.15. The summed E-state index contributed by atoms with van der Waals surface area (Å²) in [5, 5.41) is 0.505. The summed E-state index contributed by atoms with van der Waals surface area (Å²) in [5.74, 6) is -0.720. The second kappa shape index (κ2) is 5.21. The zero-order valence-electron chi connectivity index (χ0n) is 6.69. The fourth-order valence-corrected chi connectivity index (χ4v) is 2.11. The minimum atomic E-state index is -0.599. The van der Waals surface area contributed by atoms with Crippen LogP contribution in [0, 0.1) is 0 Å². The van der Waals surface area contributed by atoms with Crippen LogP contribution in [0.5, 0.6) is 5.75 Å². The fourth-order valence-electron chi connectivity index (χ4n) is 0.768. The monoisotopic (exact) mass is 316 g/mol. The van der Waals surface area contributed by atoms with Gasteiger partial charge in [-0.3, -0.25) is 4.79 Å². The van der Waals surface area contributed by atoms with Gasteiger partial charge in [-0.2, -0.15) is 0 Å². The van der Waals surface area contributed by atoms with Gasteiger partial charge >= 0.3 is 5.97 Å². The molecule has 0 aliphatic rings. The largest absolute Gasteiger partial charge is 0.422 e. The Kier molecular flexibility index (Phi) is 4.51. The van der Waals surface area contributed by atoms with Crippen molar-refractivity contribution in [2.75, 3.05) is 5.88 Å². The van der Waals surface area contributed by atoms with Gasteiger partial charge in [0.2, 0.25) is 0 Å². The Morgan fingerprint density at radius 3 is 2.29 bits per heavy atom. The van der Waals surface area contributed by atoms with Crippen molar-refractivity contribution in [3.8, 4) is 5.75 Å². The van der Waals surface area contributed by atoms with E-state index in [1.54, 1.807) is 12.1 Å². The number of esters is 1. The molecule has 0 aliphatic heterocycles. The van der Waals surface area contributed by atoms with Crippen LogP contribution in [-0.2, 0) is 4.79 Å². The van der Waals surface area contributed by atoms with Gasteiger partial charge in [0.25, 0.3) is 0 Å². The van der Waals surface area contributed by atoms with Crippen molar-refractivity contribution in [3.63, 3.8) is 0 Å². The lowest BCUT2D eigenvalue weighted by Gasteiger charge is -2.06. The third kappa shape index (κ3) is 3.02. The maximum absolute atomic E-state index is 10.9. The van der Waals surface area contributed by atoms with Crippen LogP contribution in [0.25, 0.3) is 0 Å². The molecule has 0 atom stereocenters. The summed E-state index contributed by atoms with van der Waals surface area (Å²) < 4.78 is 5.53. The van der Waals surface area contributed by atoms with Crippen molar-refractivity contribution in [1.29, 1.82) is 0 Å². The van der Waals surface area contributed by atoms with Crippen LogP contribution >= 0.6 is 50.7 Å². The third-order valence-corrected chi connectivity index (χ3v) is 2.53. The Balaban J connectivity index is 3.02. The Morgan fingerprint density at radius 2 is 1.86 bits per heavy atom. The number of hydrogen-bond acceptors (Lipinski definition) is 2. The normalized spacial score (nSPS) is 10.0. The molecule has 14 heavy (non-hydrogen) atoms. The predicted molar refractivity (Wildman–Crippen MR) is 60.5 cm³/mol. The van der Waals surface area contributed by atoms with Crippen molar-refractivity contribution >= 4 is 56.7 Å². The molecule has 76 valence electrons. The Morgan fingerprint density at radius 1 is 1.36 bits per heavy atom. The predicted octanol–water partition coefficient (Wildman–Crippen LogP) is 3.90. The first-order valence-corrected chi connectivity index (χ1v) is 5.54. The topological polar surface area (TPSA) is 26.3 Å². The highest BCUT2D eigenvalue weighted by Gasteiger charge is 2.12. The summed E-state index contributed by atoms with van der Waals surface area (Å²) in [5.41, 5.74) is 0. The molecular formula is C8H4BrCl3O2. The van der Waals surface area contributed by atoms with Gasteiger partial charge in [-0.1, -0.05) is 39.1 Å². The molecule has 2 nitrogen and oxygen atoms in total. The van der Waals surface area contributed by atoms with Crippen molar-refractivity contribution < 1.29 is 9.53 Å². The fraction of sp³-hybridized carbons (Fsp3) is 0.125. The molecule has 0 radical (unpaired) electrons. The zero-order chi connectivity index (χ0) is 10.7. The van der Waals surface area contributed by atoms with Crippen LogP contribution in [0.3, 0.4) is 0 Å². The highest BCUT2D eigenvalue weighted by Crippen LogP contribution is 2.35. The van der Waals surface area contributed by atoms with E-state index in [2.05, 4.69) is 15.9 Å². The second-order valence-electron chi connectivity index (χ2n) is 2.31. The molecular weight excluding hydrogens is 314 g/mol. The Labute approximate surface area is 104 Å². The molecule has 0 aromatic heterocycles. The van der Waals surface area contributed by atoms with Crippen LogP contribution in [0.15, 0.2) is 16.6 Å². The molecule has 0 amide bonds. The number of benzene rings is 1. The minimum absolute atomic E-state index is 0.127. The van der Waals surface area contributed by atoms with E-state index < -0.39 is 5.97 Å². The lowest BCUT2D eigenvalue weighted by Crippen LogP contribution is -2.09. The minimum Gasteiger partial charge on any atom is -0.422 e. The lowest BCUT2D eigenvalue weighted by molar-refractivity contribution is -0.131. The van der Waals surface area contributed by atoms with Gasteiger partial charge in [0.1, 0.15) is 5.88 Å². The number of rotatable bonds is 2. The van der Waals surface area contributed by atoms with E-state index in [9.17, 15) is 4.79 Å². The van der Waals surface area contributed by atoms with Gasteiger partial charge in [-0.05, 0) is 12.1 Å². The molecule has 0 saturated heterocycles. The van der Waals surface area contributed by atoms with Gasteiger partial charge in [-0.25, -0.2) is 0 Å². The molecule has 0 saturated carbocycles. The first-order chi connectivity index (χ1) is 6.54. The number of carbonyl (C=O) groups is 1. The average molecular weight is 318 g/mol. The van der Waals surface area contributed by atoms with Crippen molar-refractivity contribution in [3.05, 3.63) is 26.7 Å². The number of ether oxygens (including phenoxy) is 1. The van der Waals surface area contributed by atoms with Gasteiger partial charge in [-0.15, -0.1) is 11.6 Å². The maximum atomic E-state index is 10.9. The van der Waals surface area contributed by atoms with Crippen LogP contribution in [0.1, 0.15) is 0 Å². The van der Waals surface area contributed by atoms with Crippen LogP contribution < -0.4 is 4.74 Å². The SMILES string of the molecule is O=C(CCl)Oc1c(Cl)cc(Br)cc1Cl. The van der Waals surface area contributed by atoms with E-state index >= 15 is 0 Å². The quantitative estimate of drug-likeness (QED) is 0.470. The number of halogens is 4. The highest BCUT2D eigenvalue weighted by molar-refractivity contribution is 9.10. The zero-order valence-corrected chi connectivity index (χ0v) is 10.5. The molecule has 1 aromatic rings. The van der Waals surface area contributed by atoms with E-state index in [4.69, 9.17) is 39.5 Å². The molecule has 0 fully saturated rings. The van der Waals surface area contributed by atoms with E-state index in [0.717, 1.165) is 0 Å². The summed E-state index contributed by atoms with van der Waals surface area (Å²) in [4.78, 5) is 10.9. The van der Waals surface area contributed by atoms with Crippen molar-refractivity contribution in [2.45, 2.75) is 0 Å². The molecule has 0 unspecified atom stereocenters. The van der Waals surface area contributed by atoms with Crippen molar-refractivity contribution in [1.82, 2.24) is 0 Å². The summed E-state index contributed by atoms with van der Waals surface area (Å²) >= 11 is 20.1. The maximum Gasteiger partial charge on any atom is 0.326 e. The Bertz CT molecular complexity index is 345. The molecule has 0 N–H and O–H groups in total. The smallest absolute Gasteiger partial charge is 0.326 e. The van der Waals surface area contributed by atoms with Gasteiger partial charge in [0.05, 0.1) is 10.0 Å². The lowest BCUT2D eigenvalue weighted by atomic mass is 10.3. The molecule has 0 aliphatic carbocycles. The molecule has 0 spiro atoms. The van der Waals surface area contributed by atoms with Gasteiger partial charge < -0.3 is 4.74 Å². The molecule has 0 bridgehead atoms. The van der Waals surface area contributed by atoms with E-state index in [1.807, 2.05) is 0 Å². The van der Waals surface area contributed by atoms with E-state index in [1.165, 1.54) is 0 Å². The van der Waals surface area contributed by atoms with Crippen LogP contribution in [0.4, 0.5) is 0 Å². The molecule has 6 heteroatoms. The summed E-state index contributed by atoms with van der Waals surface area (Å²) in [7, 11) is 0. The summed E-state index contributed by atoms with van der Waals surface area (Å²) in [6.45, 7) is 0. The number of alkyl halides is 1. The summed E-state index contributed by atoms with van der Waals surface area (Å²) in [6.07, 6.45) is 0. The van der Waals surface area contributed by atoms with Crippen molar-refractivity contribution in [2.24, 2.45) is 0 Å². The standard InChI is InChI=1S/C8H4BrCl3O2/c9-4-1-5(11)8(6(12)2-4)14-7(13)3-10/h1-2H,3H2. The Hall–Kier alpha value is 0.0400. The highest BCUT2D eigenvalue weighted by atomic mass is 79.9. The van der Waals surface area contributed by atoms with Gasteiger partial charge in [0, 0.05) is 4.47 Å². The first kappa shape index (κ1) is 12.1. The van der Waals surface area contributed by atoms with Crippen LogP contribution in [-0.4, -0.2) is 11.8 Å².